The predicted molar refractivity (Wildman–Crippen MR) is 68.3 cm³/mol. The van der Waals surface area contributed by atoms with Gasteiger partial charge in [0.2, 0.25) is 0 Å². The number of nitrogens with one attached hydrogen (secondary N) is 1. The minimum atomic E-state index is 0.860. The van der Waals surface area contributed by atoms with E-state index in [4.69, 9.17) is 0 Å². The zero-order valence-corrected chi connectivity index (χ0v) is 9.91. The fourth-order valence-electron chi connectivity index (χ4n) is 1.47. The molecule has 0 radical (unpaired) electrons. The van der Waals surface area contributed by atoms with E-state index >= 15 is 0 Å². The smallest absolute Gasteiger partial charge is 0.0538 e. The Morgan fingerprint density at radius 2 is 2.50 bits per heavy atom. The molecule has 0 saturated carbocycles. The van der Waals surface area contributed by atoms with Gasteiger partial charge in [-0.1, -0.05) is 12.6 Å². The molecule has 84 valence electrons. The SMILES string of the molecule is C=Cn1cc(CNCCc2cccs2)cn1. The molecule has 0 aliphatic carbocycles. The number of hydrogen-bond acceptors (Lipinski definition) is 3. The lowest BCUT2D eigenvalue weighted by atomic mass is 10.3. The Hall–Kier alpha value is -1.39. The van der Waals surface area contributed by atoms with Crippen LogP contribution in [0.3, 0.4) is 0 Å². The van der Waals surface area contributed by atoms with E-state index in [0.717, 1.165) is 19.5 Å². The van der Waals surface area contributed by atoms with Gasteiger partial charge in [-0.25, -0.2) is 4.68 Å². The predicted octanol–water partition coefficient (Wildman–Crippen LogP) is 2.38. The van der Waals surface area contributed by atoms with Crippen LogP contribution in [-0.4, -0.2) is 16.3 Å². The van der Waals surface area contributed by atoms with Crippen LogP contribution in [0.5, 0.6) is 0 Å². The quantitative estimate of drug-likeness (QED) is 0.776. The topological polar surface area (TPSA) is 29.9 Å². The maximum Gasteiger partial charge on any atom is 0.0538 e. The fourth-order valence-corrected chi connectivity index (χ4v) is 2.18. The monoisotopic (exact) mass is 233 g/mol. The van der Waals surface area contributed by atoms with Crippen LogP contribution < -0.4 is 5.32 Å². The van der Waals surface area contributed by atoms with Crippen LogP contribution in [0.4, 0.5) is 0 Å². The van der Waals surface area contributed by atoms with Crippen LogP contribution in [-0.2, 0) is 13.0 Å². The van der Waals surface area contributed by atoms with Gasteiger partial charge < -0.3 is 5.32 Å². The van der Waals surface area contributed by atoms with Crippen molar-refractivity contribution in [2.24, 2.45) is 0 Å². The Morgan fingerprint density at radius 3 is 3.19 bits per heavy atom. The molecule has 3 nitrogen and oxygen atoms in total. The summed E-state index contributed by atoms with van der Waals surface area (Å²) in [5.41, 5.74) is 1.19. The van der Waals surface area contributed by atoms with Gasteiger partial charge in [0, 0.05) is 35.9 Å². The average Bonchev–Trinajstić information content (AvgIpc) is 2.95. The third kappa shape index (κ3) is 3.05. The summed E-state index contributed by atoms with van der Waals surface area (Å²) >= 11 is 1.81. The Labute approximate surface area is 99.4 Å². The molecule has 2 aromatic heterocycles. The highest BCUT2D eigenvalue weighted by Crippen LogP contribution is 2.08. The molecule has 0 aliphatic rings. The maximum atomic E-state index is 4.12. The Bertz CT molecular complexity index is 431. The second-order valence-electron chi connectivity index (χ2n) is 3.52. The van der Waals surface area contributed by atoms with Crippen LogP contribution >= 0.6 is 11.3 Å². The van der Waals surface area contributed by atoms with Gasteiger partial charge in [0.25, 0.3) is 0 Å². The normalized spacial score (nSPS) is 10.5. The molecule has 0 saturated heterocycles. The summed E-state index contributed by atoms with van der Waals surface area (Å²) < 4.78 is 1.72. The molecular weight excluding hydrogens is 218 g/mol. The number of thiophene rings is 1. The number of nitrogens with zero attached hydrogens (tertiary/aromatic N) is 2. The first-order valence-corrected chi connectivity index (χ1v) is 6.15. The number of rotatable bonds is 6. The highest BCUT2D eigenvalue weighted by atomic mass is 32.1. The molecule has 16 heavy (non-hydrogen) atoms. The van der Waals surface area contributed by atoms with E-state index in [1.54, 1.807) is 10.9 Å². The third-order valence-electron chi connectivity index (χ3n) is 2.30. The van der Waals surface area contributed by atoms with Crippen LogP contribution in [0.2, 0.25) is 0 Å². The molecule has 0 amide bonds. The Morgan fingerprint density at radius 1 is 1.56 bits per heavy atom. The molecule has 2 aromatic rings. The van der Waals surface area contributed by atoms with Gasteiger partial charge in [-0.05, 0) is 17.9 Å². The van der Waals surface area contributed by atoms with E-state index in [0.29, 0.717) is 0 Å². The Balaban J connectivity index is 1.70. The van der Waals surface area contributed by atoms with Crippen molar-refractivity contribution in [3.8, 4) is 0 Å². The Kier molecular flexibility index (Phi) is 3.91. The molecule has 2 rings (SSSR count). The third-order valence-corrected chi connectivity index (χ3v) is 3.24. The van der Waals surface area contributed by atoms with Crippen molar-refractivity contribution < 1.29 is 0 Å². The van der Waals surface area contributed by atoms with Gasteiger partial charge in [-0.3, -0.25) is 0 Å². The van der Waals surface area contributed by atoms with Gasteiger partial charge in [-0.2, -0.15) is 5.10 Å². The second-order valence-corrected chi connectivity index (χ2v) is 4.55. The molecule has 2 heterocycles. The van der Waals surface area contributed by atoms with E-state index < -0.39 is 0 Å². The highest BCUT2D eigenvalue weighted by molar-refractivity contribution is 7.09. The summed E-state index contributed by atoms with van der Waals surface area (Å²) in [6.45, 7) is 5.52. The van der Waals surface area contributed by atoms with E-state index in [1.165, 1.54) is 10.4 Å². The first-order valence-electron chi connectivity index (χ1n) is 5.27. The number of aromatic nitrogens is 2. The summed E-state index contributed by atoms with van der Waals surface area (Å²) in [5, 5.41) is 9.63. The van der Waals surface area contributed by atoms with Gasteiger partial charge in [0.05, 0.1) is 6.20 Å². The zero-order chi connectivity index (χ0) is 11.2. The van der Waals surface area contributed by atoms with Crippen molar-refractivity contribution >= 4 is 17.5 Å². The zero-order valence-electron chi connectivity index (χ0n) is 9.10. The van der Waals surface area contributed by atoms with Crippen molar-refractivity contribution in [2.75, 3.05) is 6.54 Å². The minimum Gasteiger partial charge on any atom is -0.312 e. The standard InChI is InChI=1S/C12H15N3S/c1-2-15-10-11(9-14-15)8-13-6-5-12-4-3-7-16-12/h2-4,7,9-10,13H,1,5-6,8H2. The molecule has 0 spiro atoms. The van der Waals surface area contributed by atoms with E-state index in [9.17, 15) is 0 Å². The molecule has 0 bridgehead atoms. The van der Waals surface area contributed by atoms with Crippen molar-refractivity contribution in [3.63, 3.8) is 0 Å². The molecule has 0 unspecified atom stereocenters. The summed E-state index contributed by atoms with van der Waals surface area (Å²) in [7, 11) is 0. The van der Waals surface area contributed by atoms with Crippen molar-refractivity contribution in [1.29, 1.82) is 0 Å². The van der Waals surface area contributed by atoms with Crippen LogP contribution in [0, 0.1) is 0 Å². The minimum absolute atomic E-state index is 0.860. The summed E-state index contributed by atoms with van der Waals surface area (Å²) in [6.07, 6.45) is 6.62. The van der Waals surface area contributed by atoms with E-state index in [-0.39, 0.29) is 0 Å². The van der Waals surface area contributed by atoms with Crippen LogP contribution in [0.15, 0.2) is 36.5 Å². The molecule has 0 fully saturated rings. The summed E-state index contributed by atoms with van der Waals surface area (Å²) in [5.74, 6) is 0. The molecule has 1 N–H and O–H groups in total. The average molecular weight is 233 g/mol. The fraction of sp³-hybridized carbons (Fsp3) is 0.250. The van der Waals surface area contributed by atoms with Gasteiger partial charge in [0.1, 0.15) is 0 Å². The first-order chi connectivity index (χ1) is 7.88. The molecule has 4 heteroatoms. The highest BCUT2D eigenvalue weighted by Gasteiger charge is 1.97. The number of hydrogen-bond donors (Lipinski definition) is 1. The molecular formula is C12H15N3S. The molecule has 0 aliphatic heterocycles. The van der Waals surface area contributed by atoms with Crippen molar-refractivity contribution in [1.82, 2.24) is 15.1 Å². The maximum absolute atomic E-state index is 4.12. The van der Waals surface area contributed by atoms with Gasteiger partial charge in [-0.15, -0.1) is 11.3 Å². The lowest BCUT2D eigenvalue weighted by Gasteiger charge is -2.00. The van der Waals surface area contributed by atoms with Gasteiger partial charge >= 0.3 is 0 Å². The van der Waals surface area contributed by atoms with E-state index in [1.807, 2.05) is 23.7 Å². The van der Waals surface area contributed by atoms with Crippen LogP contribution in [0.25, 0.3) is 6.20 Å². The molecule has 0 aromatic carbocycles. The summed E-state index contributed by atoms with van der Waals surface area (Å²) in [6, 6.07) is 4.26. The van der Waals surface area contributed by atoms with Crippen LogP contribution in [0.1, 0.15) is 10.4 Å². The van der Waals surface area contributed by atoms with Crippen molar-refractivity contribution in [3.05, 3.63) is 46.9 Å². The largest absolute Gasteiger partial charge is 0.312 e. The van der Waals surface area contributed by atoms with Gasteiger partial charge in [0.15, 0.2) is 0 Å². The lowest BCUT2D eigenvalue weighted by molar-refractivity contribution is 0.690. The summed E-state index contributed by atoms with van der Waals surface area (Å²) in [4.78, 5) is 1.43. The molecule has 0 atom stereocenters. The van der Waals surface area contributed by atoms with E-state index in [2.05, 4.69) is 34.5 Å². The first kappa shape index (κ1) is 11.1. The van der Waals surface area contributed by atoms with Crippen molar-refractivity contribution in [2.45, 2.75) is 13.0 Å². The second kappa shape index (κ2) is 5.63. The lowest BCUT2D eigenvalue weighted by Crippen LogP contribution is -2.15.